The molecule has 2 aromatic heterocycles. The molecule has 3 atom stereocenters. The van der Waals surface area contributed by atoms with Crippen molar-refractivity contribution in [3.05, 3.63) is 58.1 Å². The number of fused-ring (bicyclic) bond motifs is 3. The molecule has 5 rings (SSSR count). The summed E-state index contributed by atoms with van der Waals surface area (Å²) >= 11 is 7.67. The van der Waals surface area contributed by atoms with Crippen molar-refractivity contribution in [3.8, 4) is 0 Å². The van der Waals surface area contributed by atoms with E-state index in [2.05, 4.69) is 12.2 Å². The van der Waals surface area contributed by atoms with Crippen molar-refractivity contribution in [2.45, 2.75) is 64.1 Å². The SMILES string of the molecule is C[C@@H]1CCCC[C@@H]1NC(=O)[C@@]1(C)Cn2c(cc3sccc32)C(=O)N1CCc1ccc(Cl)cc1. The standard InChI is InChI=1S/C26H30ClN3O2S/c1-17-5-3-4-6-20(17)28-25(32)26(2)16-29-21-12-14-33-23(21)15-22(29)24(31)30(26)13-11-18-7-9-19(27)10-8-18/h7-10,12,14-15,17,20H,3-6,11,13,16H2,1-2H3,(H,28,32)/t17-,20+,26-/m1/s1. The molecule has 1 aromatic carbocycles. The Balaban J connectivity index is 1.47. The summed E-state index contributed by atoms with van der Waals surface area (Å²) in [4.78, 5) is 29.4. The van der Waals surface area contributed by atoms with Crippen molar-refractivity contribution in [1.29, 1.82) is 0 Å². The van der Waals surface area contributed by atoms with Crippen molar-refractivity contribution >= 4 is 45.0 Å². The molecule has 0 bridgehead atoms. The lowest BCUT2D eigenvalue weighted by atomic mass is 9.85. The first-order valence-electron chi connectivity index (χ1n) is 11.8. The average Bonchev–Trinajstić information content (AvgIpc) is 3.39. The van der Waals surface area contributed by atoms with E-state index < -0.39 is 5.54 Å². The summed E-state index contributed by atoms with van der Waals surface area (Å²) in [5.74, 6) is 0.334. The zero-order chi connectivity index (χ0) is 23.2. The molecular formula is C26H30ClN3O2S. The van der Waals surface area contributed by atoms with Crippen molar-refractivity contribution in [1.82, 2.24) is 14.8 Å². The highest BCUT2D eigenvalue weighted by molar-refractivity contribution is 7.17. The Kier molecular flexibility index (Phi) is 6.00. The summed E-state index contributed by atoms with van der Waals surface area (Å²) in [6.45, 7) is 5.08. The maximum atomic E-state index is 13.8. The van der Waals surface area contributed by atoms with Gasteiger partial charge in [-0.25, -0.2) is 0 Å². The lowest BCUT2D eigenvalue weighted by Gasteiger charge is -2.45. The van der Waals surface area contributed by atoms with Crippen LogP contribution in [0.3, 0.4) is 0 Å². The van der Waals surface area contributed by atoms with E-state index >= 15 is 0 Å². The topological polar surface area (TPSA) is 54.3 Å². The number of carbonyl (C=O) groups excluding carboxylic acids is 2. The molecule has 7 heteroatoms. The third-order valence-corrected chi connectivity index (χ3v) is 8.61. The Bertz CT molecular complexity index is 1180. The van der Waals surface area contributed by atoms with Crippen molar-refractivity contribution in [2.75, 3.05) is 6.54 Å². The van der Waals surface area contributed by atoms with E-state index in [9.17, 15) is 9.59 Å². The number of rotatable bonds is 5. The zero-order valence-electron chi connectivity index (χ0n) is 19.1. The van der Waals surface area contributed by atoms with E-state index in [1.807, 2.05) is 53.3 Å². The molecule has 1 saturated carbocycles. The number of halogens is 1. The minimum absolute atomic E-state index is 0.0477. The number of hydrogen-bond donors (Lipinski definition) is 1. The van der Waals surface area contributed by atoms with Gasteiger partial charge in [0.15, 0.2) is 0 Å². The summed E-state index contributed by atoms with van der Waals surface area (Å²) in [6, 6.07) is 11.9. The summed E-state index contributed by atoms with van der Waals surface area (Å²) in [6.07, 6.45) is 5.17. The molecular weight excluding hydrogens is 454 g/mol. The first-order chi connectivity index (χ1) is 15.9. The summed E-state index contributed by atoms with van der Waals surface area (Å²) < 4.78 is 3.12. The molecule has 3 aromatic rings. The van der Waals surface area contributed by atoms with Gasteiger partial charge in [0.25, 0.3) is 5.91 Å². The molecule has 0 radical (unpaired) electrons. The molecule has 1 fully saturated rings. The fourth-order valence-corrected chi connectivity index (χ4v) is 6.32. The van der Waals surface area contributed by atoms with E-state index in [1.165, 1.54) is 6.42 Å². The second-order valence-electron chi connectivity index (χ2n) is 9.73. The maximum Gasteiger partial charge on any atom is 0.271 e. The van der Waals surface area contributed by atoms with Gasteiger partial charge in [0.05, 0.1) is 16.8 Å². The molecule has 0 saturated heterocycles. The zero-order valence-corrected chi connectivity index (χ0v) is 20.7. The number of nitrogens with zero attached hydrogens (tertiary/aromatic N) is 2. The lowest BCUT2D eigenvalue weighted by Crippen LogP contribution is -2.65. The van der Waals surface area contributed by atoms with Crippen molar-refractivity contribution < 1.29 is 9.59 Å². The van der Waals surface area contributed by atoms with Gasteiger partial charge in [-0.3, -0.25) is 9.59 Å². The monoisotopic (exact) mass is 483 g/mol. The maximum absolute atomic E-state index is 13.8. The third-order valence-electron chi connectivity index (χ3n) is 7.50. The number of aromatic nitrogens is 1. The summed E-state index contributed by atoms with van der Waals surface area (Å²) in [5.41, 5.74) is 1.84. The van der Waals surface area contributed by atoms with Crippen molar-refractivity contribution in [3.63, 3.8) is 0 Å². The van der Waals surface area contributed by atoms with E-state index in [4.69, 9.17) is 11.6 Å². The van der Waals surface area contributed by atoms with E-state index in [0.717, 1.165) is 35.0 Å². The van der Waals surface area contributed by atoms with Gasteiger partial charge in [0, 0.05) is 17.6 Å². The fraction of sp³-hybridized carbons (Fsp3) is 0.462. The lowest BCUT2D eigenvalue weighted by molar-refractivity contribution is -0.134. The van der Waals surface area contributed by atoms with Crippen LogP contribution in [0.1, 0.15) is 55.6 Å². The highest BCUT2D eigenvalue weighted by atomic mass is 35.5. The quantitative estimate of drug-likeness (QED) is 0.520. The molecule has 5 nitrogen and oxygen atoms in total. The number of benzene rings is 1. The molecule has 174 valence electrons. The van der Waals surface area contributed by atoms with Gasteiger partial charge in [0.2, 0.25) is 5.91 Å². The molecule has 1 N–H and O–H groups in total. The van der Waals surface area contributed by atoms with Gasteiger partial charge >= 0.3 is 0 Å². The predicted molar refractivity (Wildman–Crippen MR) is 134 cm³/mol. The minimum atomic E-state index is -0.957. The number of amides is 2. The Labute approximate surface area is 203 Å². The van der Waals surface area contributed by atoms with Crippen LogP contribution in [0.15, 0.2) is 41.8 Å². The Hall–Kier alpha value is -2.31. The van der Waals surface area contributed by atoms with E-state index in [1.54, 1.807) is 16.2 Å². The highest BCUT2D eigenvalue weighted by Gasteiger charge is 2.48. The number of carbonyl (C=O) groups is 2. The van der Waals surface area contributed by atoms with Crippen molar-refractivity contribution in [2.24, 2.45) is 5.92 Å². The van der Waals surface area contributed by atoms with Crippen LogP contribution in [-0.2, 0) is 17.8 Å². The van der Waals surface area contributed by atoms with Gasteiger partial charge < -0.3 is 14.8 Å². The van der Waals surface area contributed by atoms with Crippen LogP contribution in [-0.4, -0.2) is 39.4 Å². The Morgan fingerprint density at radius 3 is 2.73 bits per heavy atom. The predicted octanol–water partition coefficient (Wildman–Crippen LogP) is 5.51. The molecule has 2 aliphatic rings. The van der Waals surface area contributed by atoms with Crippen LogP contribution in [0.25, 0.3) is 10.2 Å². The number of hydrogen-bond acceptors (Lipinski definition) is 3. The van der Waals surface area contributed by atoms with Crippen LogP contribution < -0.4 is 5.32 Å². The van der Waals surface area contributed by atoms with Crippen LogP contribution in [0.4, 0.5) is 0 Å². The van der Waals surface area contributed by atoms with Gasteiger partial charge in [-0.05, 0) is 67.3 Å². The number of thiophene rings is 1. The smallest absolute Gasteiger partial charge is 0.271 e. The van der Waals surface area contributed by atoms with Crippen LogP contribution in [0, 0.1) is 5.92 Å². The Morgan fingerprint density at radius 1 is 1.21 bits per heavy atom. The highest BCUT2D eigenvalue weighted by Crippen LogP contribution is 2.35. The fourth-order valence-electron chi connectivity index (χ4n) is 5.37. The molecule has 33 heavy (non-hydrogen) atoms. The molecule has 0 spiro atoms. The van der Waals surface area contributed by atoms with E-state index in [-0.39, 0.29) is 17.9 Å². The molecule has 0 unspecified atom stereocenters. The molecule has 2 amide bonds. The average molecular weight is 484 g/mol. The third kappa shape index (κ3) is 4.08. The normalized spacial score (nSPS) is 25.3. The van der Waals surface area contributed by atoms with Crippen LogP contribution >= 0.6 is 22.9 Å². The molecule has 1 aliphatic heterocycles. The number of nitrogens with one attached hydrogen (secondary N) is 1. The summed E-state index contributed by atoms with van der Waals surface area (Å²) in [5, 5.41) is 6.07. The minimum Gasteiger partial charge on any atom is -0.351 e. The summed E-state index contributed by atoms with van der Waals surface area (Å²) in [7, 11) is 0. The largest absolute Gasteiger partial charge is 0.351 e. The van der Waals surface area contributed by atoms with Gasteiger partial charge in [-0.1, -0.05) is 43.5 Å². The first kappa shape index (κ1) is 22.5. The molecule has 1 aliphatic carbocycles. The second-order valence-corrected chi connectivity index (χ2v) is 11.1. The van der Waals surface area contributed by atoms with Gasteiger partial charge in [-0.2, -0.15) is 0 Å². The van der Waals surface area contributed by atoms with Crippen LogP contribution in [0.5, 0.6) is 0 Å². The second kappa shape index (κ2) is 8.80. The van der Waals surface area contributed by atoms with Gasteiger partial charge in [0.1, 0.15) is 11.2 Å². The van der Waals surface area contributed by atoms with E-state index in [0.29, 0.717) is 36.1 Å². The van der Waals surface area contributed by atoms with Crippen LogP contribution in [0.2, 0.25) is 5.02 Å². The Morgan fingerprint density at radius 2 is 1.97 bits per heavy atom. The molecule has 3 heterocycles. The van der Waals surface area contributed by atoms with Gasteiger partial charge in [-0.15, -0.1) is 11.3 Å². The first-order valence-corrected chi connectivity index (χ1v) is 13.1.